The van der Waals surface area contributed by atoms with Crippen LogP contribution in [0, 0.1) is 3.57 Å². The lowest BCUT2D eigenvalue weighted by molar-refractivity contribution is -0.117. The van der Waals surface area contributed by atoms with Gasteiger partial charge in [0.25, 0.3) is 0 Å². The molecule has 1 aromatic rings. The summed E-state index contributed by atoms with van der Waals surface area (Å²) in [7, 11) is 0. The summed E-state index contributed by atoms with van der Waals surface area (Å²) in [4.78, 5) is 10.5. The first kappa shape index (κ1) is 10.3. The van der Waals surface area contributed by atoms with Crippen LogP contribution in [0.15, 0.2) is 18.2 Å². The minimum absolute atomic E-state index is 0.267. The topological polar surface area (TPSA) is 63.3 Å². The van der Waals surface area contributed by atoms with E-state index in [1.54, 1.807) is 12.1 Å². The van der Waals surface area contributed by atoms with Crippen molar-refractivity contribution < 1.29 is 9.90 Å². The van der Waals surface area contributed by atoms with Gasteiger partial charge in [0.2, 0.25) is 5.91 Å². The van der Waals surface area contributed by atoms with Crippen LogP contribution < -0.4 is 5.73 Å². The maximum Gasteiger partial charge on any atom is 0.217 e. The molecule has 13 heavy (non-hydrogen) atoms. The lowest BCUT2D eigenvalue weighted by Crippen LogP contribution is -2.11. The highest BCUT2D eigenvalue weighted by molar-refractivity contribution is 14.1. The Morgan fingerprint density at radius 1 is 1.54 bits per heavy atom. The number of carbonyl (C=O) groups excluding carboxylic acids is 1. The van der Waals surface area contributed by atoms with Gasteiger partial charge in [0, 0.05) is 6.42 Å². The quantitative estimate of drug-likeness (QED) is 0.827. The zero-order valence-corrected chi connectivity index (χ0v) is 9.11. The molecular weight excluding hydrogens is 281 g/mol. The largest absolute Gasteiger partial charge is 0.507 e. The monoisotopic (exact) mass is 291 g/mol. The average molecular weight is 291 g/mol. The summed E-state index contributed by atoms with van der Waals surface area (Å²) in [6, 6.07) is 5.26. The van der Waals surface area contributed by atoms with Gasteiger partial charge in [0.05, 0.1) is 3.57 Å². The maximum absolute atomic E-state index is 10.5. The van der Waals surface area contributed by atoms with Crippen molar-refractivity contribution in [2.75, 3.05) is 0 Å². The Morgan fingerprint density at radius 3 is 2.77 bits per heavy atom. The van der Waals surface area contributed by atoms with Crippen molar-refractivity contribution in [3.8, 4) is 5.75 Å². The smallest absolute Gasteiger partial charge is 0.217 e. The Hall–Kier alpha value is -0.780. The Balaban J connectivity index is 2.68. The van der Waals surface area contributed by atoms with E-state index in [2.05, 4.69) is 0 Å². The van der Waals surface area contributed by atoms with E-state index in [0.717, 1.165) is 9.13 Å². The van der Waals surface area contributed by atoms with Gasteiger partial charge in [-0.2, -0.15) is 0 Å². The SMILES string of the molecule is NC(=O)CCc1ccc(O)c(I)c1. The molecule has 0 radical (unpaired) electrons. The number of primary amides is 1. The van der Waals surface area contributed by atoms with E-state index in [4.69, 9.17) is 5.73 Å². The summed E-state index contributed by atoms with van der Waals surface area (Å²) in [6.07, 6.45) is 0.979. The molecule has 1 rings (SSSR count). The van der Waals surface area contributed by atoms with E-state index in [1.165, 1.54) is 0 Å². The molecule has 0 saturated carbocycles. The highest BCUT2D eigenvalue weighted by Crippen LogP contribution is 2.20. The van der Waals surface area contributed by atoms with Crippen molar-refractivity contribution in [3.63, 3.8) is 0 Å². The fraction of sp³-hybridized carbons (Fsp3) is 0.222. The molecule has 0 atom stereocenters. The third kappa shape index (κ3) is 3.22. The molecule has 0 unspecified atom stereocenters. The van der Waals surface area contributed by atoms with Crippen LogP contribution in [0.5, 0.6) is 5.75 Å². The predicted molar refractivity (Wildman–Crippen MR) is 58.3 cm³/mol. The van der Waals surface area contributed by atoms with Crippen molar-refractivity contribution in [2.45, 2.75) is 12.8 Å². The van der Waals surface area contributed by atoms with Crippen molar-refractivity contribution in [1.82, 2.24) is 0 Å². The summed E-state index contributed by atoms with van der Waals surface area (Å²) in [5.41, 5.74) is 6.03. The van der Waals surface area contributed by atoms with E-state index < -0.39 is 0 Å². The lowest BCUT2D eigenvalue weighted by Gasteiger charge is -2.01. The van der Waals surface area contributed by atoms with Gasteiger partial charge in [-0.1, -0.05) is 6.07 Å². The van der Waals surface area contributed by atoms with Gasteiger partial charge in [0.15, 0.2) is 0 Å². The number of benzene rings is 1. The zero-order valence-electron chi connectivity index (χ0n) is 6.96. The number of hydrogen-bond acceptors (Lipinski definition) is 2. The van der Waals surface area contributed by atoms with E-state index in [9.17, 15) is 9.90 Å². The molecule has 0 bridgehead atoms. The zero-order chi connectivity index (χ0) is 9.84. The first-order chi connectivity index (χ1) is 6.09. The molecule has 0 aliphatic heterocycles. The Bertz CT molecular complexity index is 325. The number of aryl methyl sites for hydroxylation is 1. The van der Waals surface area contributed by atoms with E-state index >= 15 is 0 Å². The lowest BCUT2D eigenvalue weighted by atomic mass is 10.1. The highest BCUT2D eigenvalue weighted by Gasteiger charge is 2.01. The first-order valence-electron chi connectivity index (χ1n) is 3.85. The number of phenols is 1. The average Bonchev–Trinajstić information content (AvgIpc) is 2.07. The Labute approximate surface area is 90.1 Å². The maximum atomic E-state index is 10.5. The number of nitrogens with two attached hydrogens (primary N) is 1. The van der Waals surface area contributed by atoms with Crippen molar-refractivity contribution in [3.05, 3.63) is 27.3 Å². The van der Waals surface area contributed by atoms with Crippen LogP contribution in [0.25, 0.3) is 0 Å². The number of hydrogen-bond donors (Lipinski definition) is 2. The molecule has 3 nitrogen and oxygen atoms in total. The number of rotatable bonds is 3. The van der Waals surface area contributed by atoms with E-state index in [-0.39, 0.29) is 11.7 Å². The van der Waals surface area contributed by atoms with Crippen LogP contribution >= 0.6 is 22.6 Å². The van der Waals surface area contributed by atoms with Crippen LogP contribution in [-0.4, -0.2) is 11.0 Å². The Morgan fingerprint density at radius 2 is 2.23 bits per heavy atom. The third-order valence-electron chi connectivity index (χ3n) is 1.67. The van der Waals surface area contributed by atoms with Crippen molar-refractivity contribution in [1.29, 1.82) is 0 Å². The second-order valence-corrected chi connectivity index (χ2v) is 3.91. The summed E-state index contributed by atoms with van der Waals surface area (Å²) in [6.45, 7) is 0. The fourth-order valence-electron chi connectivity index (χ4n) is 0.973. The third-order valence-corrected chi connectivity index (χ3v) is 2.54. The van der Waals surface area contributed by atoms with E-state index in [0.29, 0.717) is 12.8 Å². The number of halogens is 1. The molecule has 0 saturated heterocycles. The number of amides is 1. The molecule has 1 aromatic carbocycles. The van der Waals surface area contributed by atoms with Crippen LogP contribution in [-0.2, 0) is 11.2 Å². The molecule has 0 aromatic heterocycles. The van der Waals surface area contributed by atoms with Gasteiger partial charge in [-0.05, 0) is 46.7 Å². The van der Waals surface area contributed by atoms with Crippen LogP contribution in [0.4, 0.5) is 0 Å². The fourth-order valence-corrected chi connectivity index (χ4v) is 1.55. The molecule has 70 valence electrons. The second-order valence-electron chi connectivity index (χ2n) is 2.75. The summed E-state index contributed by atoms with van der Waals surface area (Å²) in [5, 5.41) is 9.22. The molecule has 0 aliphatic carbocycles. The molecule has 0 fully saturated rings. The van der Waals surface area contributed by atoms with Gasteiger partial charge in [-0.25, -0.2) is 0 Å². The van der Waals surface area contributed by atoms with Gasteiger partial charge >= 0.3 is 0 Å². The van der Waals surface area contributed by atoms with Gasteiger partial charge in [-0.3, -0.25) is 4.79 Å². The van der Waals surface area contributed by atoms with Crippen molar-refractivity contribution in [2.24, 2.45) is 5.73 Å². The Kier molecular flexibility index (Phi) is 3.53. The molecule has 3 N–H and O–H groups in total. The van der Waals surface area contributed by atoms with Crippen LogP contribution in [0.3, 0.4) is 0 Å². The van der Waals surface area contributed by atoms with Gasteiger partial charge < -0.3 is 10.8 Å². The van der Waals surface area contributed by atoms with Crippen LogP contribution in [0.1, 0.15) is 12.0 Å². The minimum Gasteiger partial charge on any atom is -0.507 e. The van der Waals surface area contributed by atoms with E-state index in [1.807, 2.05) is 28.7 Å². The normalized spacial score (nSPS) is 9.92. The summed E-state index contributed by atoms with van der Waals surface area (Å²) in [5.74, 6) is -0.0356. The first-order valence-corrected chi connectivity index (χ1v) is 4.93. The number of aromatic hydroxyl groups is 1. The summed E-state index contributed by atoms with van der Waals surface area (Å²) < 4.78 is 0.791. The highest BCUT2D eigenvalue weighted by atomic mass is 127. The minimum atomic E-state index is -0.303. The molecule has 1 amide bonds. The number of carbonyl (C=O) groups is 1. The molecule has 0 spiro atoms. The molecular formula is C9H10INO2. The number of phenolic OH excluding ortho intramolecular Hbond substituents is 1. The van der Waals surface area contributed by atoms with Crippen molar-refractivity contribution >= 4 is 28.5 Å². The summed E-state index contributed by atoms with van der Waals surface area (Å²) >= 11 is 2.04. The van der Waals surface area contributed by atoms with Crippen LogP contribution in [0.2, 0.25) is 0 Å². The second kappa shape index (κ2) is 4.45. The van der Waals surface area contributed by atoms with Gasteiger partial charge in [0.1, 0.15) is 5.75 Å². The van der Waals surface area contributed by atoms with Gasteiger partial charge in [-0.15, -0.1) is 0 Å². The molecule has 4 heteroatoms. The molecule has 0 aliphatic rings. The predicted octanol–water partition coefficient (Wildman–Crippen LogP) is 1.41. The standard InChI is InChI=1S/C9H10INO2/c10-7-5-6(1-3-8(7)12)2-4-9(11)13/h1,3,5,12H,2,4H2,(H2,11,13). The molecule has 0 heterocycles.